The first kappa shape index (κ1) is 7.85. The first-order chi connectivity index (χ1) is 5.04. The summed E-state index contributed by atoms with van der Waals surface area (Å²) in [5.41, 5.74) is 14.9. The predicted octanol–water partition coefficient (Wildman–Crippen LogP) is 1.17. The minimum Gasteiger partial charge on any atom is -0.397 e. The molecule has 0 saturated carbocycles. The molecule has 0 spiro atoms. The van der Waals surface area contributed by atoms with E-state index in [0.717, 1.165) is 22.5 Å². The number of hydrogen-bond acceptors (Lipinski definition) is 3. The van der Waals surface area contributed by atoms with Gasteiger partial charge >= 0.3 is 0 Å². The number of aromatic nitrogens is 1. The zero-order valence-electron chi connectivity index (χ0n) is 7.10. The van der Waals surface area contributed by atoms with Gasteiger partial charge in [0.15, 0.2) is 0 Å². The average molecular weight is 151 g/mol. The highest BCUT2D eigenvalue weighted by atomic mass is 14.9. The van der Waals surface area contributed by atoms with Gasteiger partial charge in [-0.05, 0) is 31.9 Å². The van der Waals surface area contributed by atoms with Gasteiger partial charge in [0, 0.05) is 0 Å². The minimum atomic E-state index is 0.578. The number of pyridine rings is 1. The first-order valence-electron chi connectivity index (χ1n) is 3.52. The van der Waals surface area contributed by atoms with Gasteiger partial charge < -0.3 is 11.5 Å². The van der Waals surface area contributed by atoms with Crippen molar-refractivity contribution < 1.29 is 0 Å². The Morgan fingerprint density at radius 3 is 2.09 bits per heavy atom. The molecule has 0 saturated heterocycles. The molecule has 0 radical (unpaired) electrons. The highest BCUT2D eigenvalue weighted by molar-refractivity contribution is 5.59. The van der Waals surface area contributed by atoms with Gasteiger partial charge in [0.2, 0.25) is 0 Å². The molecule has 3 heteroatoms. The van der Waals surface area contributed by atoms with Gasteiger partial charge in [0.25, 0.3) is 0 Å². The van der Waals surface area contributed by atoms with E-state index in [2.05, 4.69) is 4.98 Å². The number of nitrogen functional groups attached to an aromatic ring is 2. The predicted molar refractivity (Wildman–Crippen MR) is 47.3 cm³/mol. The highest BCUT2D eigenvalue weighted by Gasteiger charge is 2.05. The third-order valence-corrected chi connectivity index (χ3v) is 2.03. The molecule has 0 amide bonds. The summed E-state index contributed by atoms with van der Waals surface area (Å²) in [5, 5.41) is 0. The summed E-state index contributed by atoms with van der Waals surface area (Å²) < 4.78 is 0. The molecular formula is C8H13N3. The Balaban J connectivity index is 3.46. The molecule has 11 heavy (non-hydrogen) atoms. The van der Waals surface area contributed by atoms with Crippen LogP contribution < -0.4 is 11.5 Å². The Kier molecular flexibility index (Phi) is 1.72. The Hall–Kier alpha value is -1.25. The lowest BCUT2D eigenvalue weighted by Gasteiger charge is -2.08. The molecule has 0 aliphatic rings. The van der Waals surface area contributed by atoms with E-state index >= 15 is 0 Å². The van der Waals surface area contributed by atoms with Crippen LogP contribution in [0, 0.1) is 20.8 Å². The molecular weight excluding hydrogens is 138 g/mol. The van der Waals surface area contributed by atoms with Gasteiger partial charge in [-0.25, -0.2) is 4.98 Å². The highest BCUT2D eigenvalue weighted by Crippen LogP contribution is 2.21. The van der Waals surface area contributed by atoms with Crippen LogP contribution in [0.5, 0.6) is 0 Å². The fourth-order valence-electron chi connectivity index (χ4n) is 0.990. The van der Waals surface area contributed by atoms with Crippen molar-refractivity contribution in [3.05, 3.63) is 16.8 Å². The zero-order valence-corrected chi connectivity index (χ0v) is 7.10. The molecule has 0 fully saturated rings. The summed E-state index contributed by atoms with van der Waals surface area (Å²) in [6, 6.07) is 0. The van der Waals surface area contributed by atoms with Crippen LogP contribution in [0.4, 0.5) is 11.5 Å². The maximum atomic E-state index is 5.73. The number of nitrogens with two attached hydrogens (primary N) is 2. The van der Waals surface area contributed by atoms with E-state index in [1.807, 2.05) is 20.8 Å². The Labute approximate surface area is 66.4 Å². The van der Waals surface area contributed by atoms with Crippen LogP contribution in [-0.2, 0) is 0 Å². The standard InChI is InChI=1S/C8H13N3/c1-4-5(2)8(10)11-6(3)7(4)9/h9H2,1-3H3,(H2,10,11). The summed E-state index contributed by atoms with van der Waals surface area (Å²) in [4.78, 5) is 4.09. The molecule has 0 aliphatic carbocycles. The lowest BCUT2D eigenvalue weighted by atomic mass is 10.1. The summed E-state index contributed by atoms with van der Waals surface area (Å²) in [5.74, 6) is 0.578. The van der Waals surface area contributed by atoms with Crippen molar-refractivity contribution in [3.63, 3.8) is 0 Å². The van der Waals surface area contributed by atoms with Crippen molar-refractivity contribution in [3.8, 4) is 0 Å². The number of anilines is 2. The maximum absolute atomic E-state index is 5.73. The molecule has 0 atom stereocenters. The van der Waals surface area contributed by atoms with Crippen LogP contribution in [-0.4, -0.2) is 4.98 Å². The van der Waals surface area contributed by atoms with Crippen LogP contribution in [0.3, 0.4) is 0 Å². The van der Waals surface area contributed by atoms with E-state index in [9.17, 15) is 0 Å². The smallest absolute Gasteiger partial charge is 0.126 e. The van der Waals surface area contributed by atoms with Crippen LogP contribution in [0.15, 0.2) is 0 Å². The average Bonchev–Trinajstić information content (AvgIpc) is 1.97. The van der Waals surface area contributed by atoms with Crippen molar-refractivity contribution in [1.82, 2.24) is 4.98 Å². The Bertz CT molecular complexity index is 266. The van der Waals surface area contributed by atoms with Crippen LogP contribution in [0.25, 0.3) is 0 Å². The summed E-state index contributed by atoms with van der Waals surface area (Å²) in [7, 11) is 0. The SMILES string of the molecule is Cc1nc(N)c(C)c(C)c1N. The van der Waals surface area contributed by atoms with Gasteiger partial charge in [-0.3, -0.25) is 0 Å². The van der Waals surface area contributed by atoms with Gasteiger partial charge in [-0.1, -0.05) is 0 Å². The molecule has 0 aliphatic heterocycles. The van der Waals surface area contributed by atoms with E-state index in [1.54, 1.807) is 0 Å². The van der Waals surface area contributed by atoms with Crippen molar-refractivity contribution in [2.24, 2.45) is 0 Å². The van der Waals surface area contributed by atoms with Crippen molar-refractivity contribution in [2.75, 3.05) is 11.5 Å². The van der Waals surface area contributed by atoms with Gasteiger partial charge in [-0.15, -0.1) is 0 Å². The monoisotopic (exact) mass is 151 g/mol. The normalized spacial score (nSPS) is 10.1. The molecule has 3 nitrogen and oxygen atoms in total. The van der Waals surface area contributed by atoms with Crippen molar-refractivity contribution >= 4 is 11.5 Å². The minimum absolute atomic E-state index is 0.578. The van der Waals surface area contributed by atoms with Crippen molar-refractivity contribution in [1.29, 1.82) is 0 Å². The number of nitrogens with zero attached hydrogens (tertiary/aromatic N) is 1. The summed E-state index contributed by atoms with van der Waals surface area (Å²) in [6.07, 6.45) is 0. The summed E-state index contributed by atoms with van der Waals surface area (Å²) >= 11 is 0. The fourth-order valence-corrected chi connectivity index (χ4v) is 0.990. The zero-order chi connectivity index (χ0) is 8.59. The largest absolute Gasteiger partial charge is 0.397 e. The Morgan fingerprint density at radius 2 is 1.55 bits per heavy atom. The number of hydrogen-bond donors (Lipinski definition) is 2. The third-order valence-electron chi connectivity index (χ3n) is 2.03. The Morgan fingerprint density at radius 1 is 1.00 bits per heavy atom. The van der Waals surface area contributed by atoms with E-state index < -0.39 is 0 Å². The van der Waals surface area contributed by atoms with Crippen molar-refractivity contribution in [2.45, 2.75) is 20.8 Å². The second kappa shape index (κ2) is 2.42. The molecule has 60 valence electrons. The fraction of sp³-hybridized carbons (Fsp3) is 0.375. The second-order valence-electron chi connectivity index (χ2n) is 2.75. The first-order valence-corrected chi connectivity index (χ1v) is 3.52. The van der Waals surface area contributed by atoms with Gasteiger partial charge in [-0.2, -0.15) is 0 Å². The molecule has 1 aromatic heterocycles. The summed E-state index contributed by atoms with van der Waals surface area (Å²) in [6.45, 7) is 5.74. The molecule has 1 aromatic rings. The molecule has 1 heterocycles. The van der Waals surface area contributed by atoms with Crippen LogP contribution >= 0.6 is 0 Å². The quantitative estimate of drug-likeness (QED) is 0.585. The van der Waals surface area contributed by atoms with E-state index in [0.29, 0.717) is 5.82 Å². The maximum Gasteiger partial charge on any atom is 0.126 e. The second-order valence-corrected chi connectivity index (χ2v) is 2.75. The molecule has 1 rings (SSSR count). The molecule has 0 aromatic carbocycles. The lowest BCUT2D eigenvalue weighted by Crippen LogP contribution is -2.03. The van der Waals surface area contributed by atoms with E-state index in [4.69, 9.17) is 11.5 Å². The van der Waals surface area contributed by atoms with E-state index in [1.165, 1.54) is 0 Å². The number of rotatable bonds is 0. The van der Waals surface area contributed by atoms with Gasteiger partial charge in [0.1, 0.15) is 5.82 Å². The molecule has 0 unspecified atom stereocenters. The molecule has 0 bridgehead atoms. The van der Waals surface area contributed by atoms with Crippen LogP contribution in [0.2, 0.25) is 0 Å². The number of aryl methyl sites for hydroxylation is 1. The van der Waals surface area contributed by atoms with Crippen LogP contribution in [0.1, 0.15) is 16.8 Å². The third kappa shape index (κ3) is 1.13. The lowest BCUT2D eigenvalue weighted by molar-refractivity contribution is 1.16. The topological polar surface area (TPSA) is 64.9 Å². The van der Waals surface area contributed by atoms with E-state index in [-0.39, 0.29) is 0 Å². The molecule has 4 N–H and O–H groups in total. The van der Waals surface area contributed by atoms with Gasteiger partial charge in [0.05, 0.1) is 11.4 Å².